The third kappa shape index (κ3) is 3.64. The lowest BCUT2D eigenvalue weighted by Gasteiger charge is -2.31. The Morgan fingerprint density at radius 3 is 2.90 bits per heavy atom. The van der Waals surface area contributed by atoms with Crippen LogP contribution in [0.25, 0.3) is 0 Å². The zero-order chi connectivity index (χ0) is 14.6. The molecule has 20 heavy (non-hydrogen) atoms. The number of hydrogen-bond acceptors (Lipinski definition) is 4. The van der Waals surface area contributed by atoms with Crippen molar-refractivity contribution < 1.29 is 14.2 Å². The fourth-order valence-electron chi connectivity index (χ4n) is 2.52. The van der Waals surface area contributed by atoms with Gasteiger partial charge in [-0.2, -0.15) is 0 Å². The molecule has 4 heteroatoms. The molecule has 0 saturated carbocycles. The molecule has 4 nitrogen and oxygen atoms in total. The Hall–Kier alpha value is -1.26. The Morgan fingerprint density at radius 1 is 1.40 bits per heavy atom. The van der Waals surface area contributed by atoms with Crippen LogP contribution in [0.2, 0.25) is 0 Å². The Kier molecular flexibility index (Phi) is 4.89. The maximum absolute atomic E-state index is 5.73. The molecule has 1 aromatic carbocycles. The molecule has 1 N–H and O–H groups in total. The van der Waals surface area contributed by atoms with Crippen molar-refractivity contribution in [3.63, 3.8) is 0 Å². The predicted octanol–water partition coefficient (Wildman–Crippen LogP) is 2.92. The number of rotatable bonds is 6. The summed E-state index contributed by atoms with van der Waals surface area (Å²) < 4.78 is 16.7. The van der Waals surface area contributed by atoms with Crippen LogP contribution in [0, 0.1) is 0 Å². The number of fused-ring (bicyclic) bond motifs is 1. The summed E-state index contributed by atoms with van der Waals surface area (Å²) in [6, 6.07) is 6.26. The van der Waals surface area contributed by atoms with Gasteiger partial charge < -0.3 is 19.5 Å². The monoisotopic (exact) mass is 279 g/mol. The first kappa shape index (κ1) is 15.1. The minimum atomic E-state index is -0.161. The SMILES string of the molecule is CCOC(C)(C)CNC1CCOc2ccc(OC)cc21. The lowest BCUT2D eigenvalue weighted by Crippen LogP contribution is -2.40. The fraction of sp³-hybridized carbons (Fsp3) is 0.625. The van der Waals surface area contributed by atoms with Gasteiger partial charge in [0, 0.05) is 31.2 Å². The summed E-state index contributed by atoms with van der Waals surface area (Å²) in [5.41, 5.74) is 1.01. The maximum atomic E-state index is 5.73. The van der Waals surface area contributed by atoms with Gasteiger partial charge in [0.05, 0.1) is 19.3 Å². The van der Waals surface area contributed by atoms with Gasteiger partial charge in [-0.15, -0.1) is 0 Å². The van der Waals surface area contributed by atoms with Gasteiger partial charge in [-0.05, 0) is 39.0 Å². The highest BCUT2D eigenvalue weighted by molar-refractivity contribution is 5.43. The zero-order valence-electron chi connectivity index (χ0n) is 12.9. The van der Waals surface area contributed by atoms with E-state index in [1.165, 1.54) is 5.56 Å². The summed E-state index contributed by atoms with van der Waals surface area (Å²) >= 11 is 0. The average molecular weight is 279 g/mol. The first-order chi connectivity index (χ1) is 9.55. The molecule has 112 valence electrons. The molecule has 0 bridgehead atoms. The van der Waals surface area contributed by atoms with E-state index in [2.05, 4.69) is 25.2 Å². The van der Waals surface area contributed by atoms with Gasteiger partial charge in [-0.1, -0.05) is 0 Å². The van der Waals surface area contributed by atoms with Gasteiger partial charge in [0.2, 0.25) is 0 Å². The lowest BCUT2D eigenvalue weighted by atomic mass is 9.99. The second kappa shape index (κ2) is 6.46. The third-order valence-electron chi connectivity index (χ3n) is 3.57. The zero-order valence-corrected chi connectivity index (χ0v) is 12.9. The largest absolute Gasteiger partial charge is 0.497 e. The second-order valence-corrected chi connectivity index (χ2v) is 5.67. The number of ether oxygens (including phenoxy) is 3. The molecule has 1 aliphatic rings. The quantitative estimate of drug-likeness (QED) is 0.869. The number of methoxy groups -OCH3 is 1. The topological polar surface area (TPSA) is 39.7 Å². The van der Waals surface area contributed by atoms with Gasteiger partial charge in [0.1, 0.15) is 11.5 Å². The van der Waals surface area contributed by atoms with Crippen LogP contribution in [-0.2, 0) is 4.74 Å². The molecule has 1 atom stereocenters. The third-order valence-corrected chi connectivity index (χ3v) is 3.57. The summed E-state index contributed by atoms with van der Waals surface area (Å²) in [5.74, 6) is 1.81. The van der Waals surface area contributed by atoms with E-state index in [0.717, 1.165) is 37.7 Å². The van der Waals surface area contributed by atoms with Gasteiger partial charge in [-0.25, -0.2) is 0 Å². The Morgan fingerprint density at radius 2 is 2.20 bits per heavy atom. The summed E-state index contributed by atoms with van der Waals surface area (Å²) in [5, 5.41) is 3.59. The summed E-state index contributed by atoms with van der Waals surface area (Å²) in [6.45, 7) is 8.52. The molecule has 0 amide bonds. The van der Waals surface area contributed by atoms with Crippen LogP contribution in [0.3, 0.4) is 0 Å². The first-order valence-corrected chi connectivity index (χ1v) is 7.24. The highest BCUT2D eigenvalue weighted by Gasteiger charge is 2.25. The standard InChI is InChI=1S/C16H25NO3/c1-5-20-16(2,3)11-17-14-8-9-19-15-7-6-12(18-4)10-13(14)15/h6-7,10,14,17H,5,8-9,11H2,1-4H3. The molecule has 1 aliphatic heterocycles. The van der Waals surface area contributed by atoms with Crippen LogP contribution in [0.1, 0.15) is 38.8 Å². The highest BCUT2D eigenvalue weighted by atomic mass is 16.5. The molecule has 0 saturated heterocycles. The molecule has 1 heterocycles. The predicted molar refractivity (Wildman–Crippen MR) is 79.6 cm³/mol. The molecule has 0 spiro atoms. The summed E-state index contributed by atoms with van der Waals surface area (Å²) in [4.78, 5) is 0. The number of nitrogens with one attached hydrogen (secondary N) is 1. The summed E-state index contributed by atoms with van der Waals surface area (Å²) in [6.07, 6.45) is 0.961. The van der Waals surface area contributed by atoms with E-state index in [9.17, 15) is 0 Å². The first-order valence-electron chi connectivity index (χ1n) is 7.24. The van der Waals surface area contributed by atoms with Crippen LogP contribution in [0.15, 0.2) is 18.2 Å². The Balaban J connectivity index is 2.08. The normalized spacial score (nSPS) is 18.3. The minimum absolute atomic E-state index is 0.161. The van der Waals surface area contributed by atoms with Gasteiger partial charge >= 0.3 is 0 Å². The van der Waals surface area contributed by atoms with Gasteiger partial charge in [0.25, 0.3) is 0 Å². The van der Waals surface area contributed by atoms with Crippen LogP contribution in [0.5, 0.6) is 11.5 Å². The molecule has 0 aromatic heterocycles. The van der Waals surface area contributed by atoms with E-state index in [1.807, 2.05) is 19.1 Å². The number of benzene rings is 1. The van der Waals surface area contributed by atoms with Crippen molar-refractivity contribution in [2.75, 3.05) is 26.9 Å². The smallest absolute Gasteiger partial charge is 0.124 e. The van der Waals surface area contributed by atoms with E-state index >= 15 is 0 Å². The van der Waals surface area contributed by atoms with Gasteiger partial charge in [-0.3, -0.25) is 0 Å². The van der Waals surface area contributed by atoms with E-state index in [1.54, 1.807) is 7.11 Å². The molecule has 2 rings (SSSR count). The minimum Gasteiger partial charge on any atom is -0.497 e. The molecule has 1 unspecified atom stereocenters. The Bertz CT molecular complexity index is 445. The van der Waals surface area contributed by atoms with Gasteiger partial charge in [0.15, 0.2) is 0 Å². The molecular formula is C16H25NO3. The fourth-order valence-corrected chi connectivity index (χ4v) is 2.52. The van der Waals surface area contributed by atoms with Crippen molar-refractivity contribution in [1.82, 2.24) is 5.32 Å². The Labute approximate surface area is 121 Å². The van der Waals surface area contributed by atoms with Crippen molar-refractivity contribution in [3.05, 3.63) is 23.8 Å². The van der Waals surface area contributed by atoms with Crippen molar-refractivity contribution >= 4 is 0 Å². The second-order valence-electron chi connectivity index (χ2n) is 5.67. The molecule has 1 aromatic rings. The van der Waals surface area contributed by atoms with Crippen LogP contribution >= 0.6 is 0 Å². The van der Waals surface area contributed by atoms with E-state index in [4.69, 9.17) is 14.2 Å². The van der Waals surface area contributed by atoms with E-state index in [-0.39, 0.29) is 11.6 Å². The van der Waals surface area contributed by atoms with Crippen LogP contribution < -0.4 is 14.8 Å². The molecular weight excluding hydrogens is 254 g/mol. The van der Waals surface area contributed by atoms with Crippen molar-refractivity contribution in [3.8, 4) is 11.5 Å². The van der Waals surface area contributed by atoms with Crippen LogP contribution in [-0.4, -0.2) is 32.5 Å². The molecule has 0 fully saturated rings. The van der Waals surface area contributed by atoms with E-state index < -0.39 is 0 Å². The van der Waals surface area contributed by atoms with Crippen molar-refractivity contribution in [1.29, 1.82) is 0 Å². The summed E-state index contributed by atoms with van der Waals surface area (Å²) in [7, 11) is 1.69. The van der Waals surface area contributed by atoms with E-state index in [0.29, 0.717) is 0 Å². The van der Waals surface area contributed by atoms with Crippen molar-refractivity contribution in [2.45, 2.75) is 38.8 Å². The number of hydrogen-bond donors (Lipinski definition) is 1. The highest BCUT2D eigenvalue weighted by Crippen LogP contribution is 2.34. The van der Waals surface area contributed by atoms with Crippen molar-refractivity contribution in [2.24, 2.45) is 0 Å². The molecule has 0 aliphatic carbocycles. The molecule has 0 radical (unpaired) electrons. The average Bonchev–Trinajstić information content (AvgIpc) is 2.44. The maximum Gasteiger partial charge on any atom is 0.124 e. The lowest BCUT2D eigenvalue weighted by molar-refractivity contribution is -0.0114. The van der Waals surface area contributed by atoms with Crippen LogP contribution in [0.4, 0.5) is 0 Å².